The molecule has 4 rings (SSSR count). The highest BCUT2D eigenvalue weighted by Crippen LogP contribution is 2.35. The second-order valence-corrected chi connectivity index (χ2v) is 6.76. The molecule has 0 aliphatic carbocycles. The molecule has 4 aromatic rings. The van der Waals surface area contributed by atoms with Crippen molar-refractivity contribution in [3.05, 3.63) is 58.3 Å². The Hall–Kier alpha value is -2.28. The lowest BCUT2D eigenvalue weighted by atomic mass is 10.2. The maximum Gasteiger partial charge on any atom is 0.257 e. The minimum absolute atomic E-state index is 0.274. The van der Waals surface area contributed by atoms with E-state index in [1.54, 1.807) is 36.7 Å². The normalized spacial score (nSPS) is 11.1. The predicted octanol–water partition coefficient (Wildman–Crippen LogP) is 4.80. The number of benzene rings is 2. The van der Waals surface area contributed by atoms with Gasteiger partial charge in [0.2, 0.25) is 0 Å². The first-order valence-electron chi connectivity index (χ1n) is 6.88. The van der Waals surface area contributed by atoms with Crippen molar-refractivity contribution in [2.75, 3.05) is 5.32 Å². The molecule has 0 fully saturated rings. The summed E-state index contributed by atoms with van der Waals surface area (Å²) in [6, 6.07) is 8.67. The Kier molecular flexibility index (Phi) is 3.80. The molecule has 0 atom stereocenters. The summed E-state index contributed by atoms with van der Waals surface area (Å²) in [5.41, 5.74) is 2.44. The van der Waals surface area contributed by atoms with Gasteiger partial charge in [0.15, 0.2) is 5.13 Å². The van der Waals surface area contributed by atoms with Crippen molar-refractivity contribution in [2.45, 2.75) is 0 Å². The van der Waals surface area contributed by atoms with E-state index in [0.29, 0.717) is 31.8 Å². The van der Waals surface area contributed by atoms with Gasteiger partial charge in [-0.05, 0) is 30.3 Å². The molecule has 2 heterocycles. The van der Waals surface area contributed by atoms with E-state index in [4.69, 9.17) is 23.2 Å². The number of hydrogen-bond acceptors (Lipinski definition) is 5. The third kappa shape index (κ3) is 2.69. The molecule has 0 saturated carbocycles. The Labute approximate surface area is 150 Å². The van der Waals surface area contributed by atoms with Gasteiger partial charge in [0.05, 0.1) is 25.8 Å². The van der Waals surface area contributed by atoms with E-state index in [9.17, 15) is 4.79 Å². The Bertz CT molecular complexity index is 1100. The molecule has 118 valence electrons. The Balaban J connectivity index is 1.66. The lowest BCUT2D eigenvalue weighted by molar-refractivity contribution is 0.102. The SMILES string of the molecule is O=C(Nc1nc2c(Cl)c(Cl)ccc2s1)c1ccc2nccnc2c1. The largest absolute Gasteiger partial charge is 0.298 e. The summed E-state index contributed by atoms with van der Waals surface area (Å²) in [5, 5.41) is 4.05. The van der Waals surface area contributed by atoms with Gasteiger partial charge in [0.25, 0.3) is 5.91 Å². The van der Waals surface area contributed by atoms with Crippen LogP contribution in [-0.4, -0.2) is 20.9 Å². The Morgan fingerprint density at radius 1 is 1.04 bits per heavy atom. The summed E-state index contributed by atoms with van der Waals surface area (Å²) >= 11 is 13.5. The maximum atomic E-state index is 12.4. The summed E-state index contributed by atoms with van der Waals surface area (Å²) < 4.78 is 0.851. The van der Waals surface area contributed by atoms with Crippen LogP contribution >= 0.6 is 34.5 Å². The van der Waals surface area contributed by atoms with Gasteiger partial charge in [-0.15, -0.1) is 0 Å². The van der Waals surface area contributed by atoms with Gasteiger partial charge in [-0.1, -0.05) is 34.5 Å². The molecule has 0 bridgehead atoms. The van der Waals surface area contributed by atoms with E-state index in [0.717, 1.165) is 10.2 Å². The van der Waals surface area contributed by atoms with Crippen LogP contribution in [0.2, 0.25) is 10.0 Å². The van der Waals surface area contributed by atoms with E-state index in [1.165, 1.54) is 11.3 Å². The average Bonchev–Trinajstić information content (AvgIpc) is 3.01. The monoisotopic (exact) mass is 374 g/mol. The van der Waals surface area contributed by atoms with Crippen LogP contribution in [0.3, 0.4) is 0 Å². The summed E-state index contributed by atoms with van der Waals surface area (Å²) in [5.74, 6) is -0.274. The van der Waals surface area contributed by atoms with E-state index >= 15 is 0 Å². The first kappa shape index (κ1) is 15.3. The van der Waals surface area contributed by atoms with E-state index in [2.05, 4.69) is 20.3 Å². The Morgan fingerprint density at radius 3 is 2.67 bits per heavy atom. The summed E-state index contributed by atoms with van der Waals surface area (Å²) in [6.45, 7) is 0. The third-order valence-corrected chi connectivity index (χ3v) is 5.13. The number of carbonyl (C=O) groups excluding carboxylic acids is 1. The Morgan fingerprint density at radius 2 is 1.83 bits per heavy atom. The molecule has 8 heteroatoms. The highest BCUT2D eigenvalue weighted by molar-refractivity contribution is 7.22. The average molecular weight is 375 g/mol. The van der Waals surface area contributed by atoms with E-state index < -0.39 is 0 Å². The number of carbonyl (C=O) groups is 1. The number of thiazole rings is 1. The highest BCUT2D eigenvalue weighted by atomic mass is 35.5. The number of hydrogen-bond donors (Lipinski definition) is 1. The molecule has 0 aliphatic rings. The predicted molar refractivity (Wildman–Crippen MR) is 97.1 cm³/mol. The van der Waals surface area contributed by atoms with Crippen LogP contribution < -0.4 is 5.32 Å². The number of nitrogens with one attached hydrogen (secondary N) is 1. The van der Waals surface area contributed by atoms with Crippen LogP contribution in [0.5, 0.6) is 0 Å². The van der Waals surface area contributed by atoms with Gasteiger partial charge < -0.3 is 0 Å². The fourth-order valence-electron chi connectivity index (χ4n) is 2.26. The topological polar surface area (TPSA) is 67.8 Å². The van der Waals surface area contributed by atoms with Gasteiger partial charge in [-0.2, -0.15) is 0 Å². The van der Waals surface area contributed by atoms with E-state index in [-0.39, 0.29) is 5.91 Å². The molecule has 0 aliphatic heterocycles. The molecular formula is C16H8Cl2N4OS. The lowest BCUT2D eigenvalue weighted by Crippen LogP contribution is -2.11. The fourth-order valence-corrected chi connectivity index (χ4v) is 3.55. The number of fused-ring (bicyclic) bond motifs is 2. The van der Waals surface area contributed by atoms with Crippen molar-refractivity contribution in [3.8, 4) is 0 Å². The zero-order valence-electron chi connectivity index (χ0n) is 12.0. The molecule has 1 amide bonds. The minimum Gasteiger partial charge on any atom is -0.298 e. The summed E-state index contributed by atoms with van der Waals surface area (Å²) in [7, 11) is 0. The third-order valence-electron chi connectivity index (χ3n) is 3.40. The molecule has 0 unspecified atom stereocenters. The first-order chi connectivity index (χ1) is 11.6. The van der Waals surface area contributed by atoms with Crippen LogP contribution in [0.4, 0.5) is 5.13 Å². The van der Waals surface area contributed by atoms with E-state index in [1.807, 2.05) is 6.07 Å². The minimum atomic E-state index is -0.274. The number of nitrogens with zero attached hydrogens (tertiary/aromatic N) is 3. The molecule has 5 nitrogen and oxygen atoms in total. The van der Waals surface area contributed by atoms with Crippen molar-refractivity contribution in [1.82, 2.24) is 15.0 Å². The van der Waals surface area contributed by atoms with Gasteiger partial charge >= 0.3 is 0 Å². The van der Waals surface area contributed by atoms with Crippen LogP contribution in [0.15, 0.2) is 42.7 Å². The first-order valence-corrected chi connectivity index (χ1v) is 8.46. The quantitative estimate of drug-likeness (QED) is 0.547. The summed E-state index contributed by atoms with van der Waals surface area (Å²) in [6.07, 6.45) is 3.20. The molecule has 2 aromatic heterocycles. The van der Waals surface area contributed by atoms with Gasteiger partial charge in [-0.3, -0.25) is 20.1 Å². The molecule has 2 aromatic carbocycles. The van der Waals surface area contributed by atoms with Crippen molar-refractivity contribution in [2.24, 2.45) is 0 Å². The van der Waals surface area contributed by atoms with Crippen molar-refractivity contribution in [3.63, 3.8) is 0 Å². The van der Waals surface area contributed by atoms with Gasteiger partial charge in [0.1, 0.15) is 5.52 Å². The molecule has 0 spiro atoms. The van der Waals surface area contributed by atoms with Crippen LogP contribution in [0, 0.1) is 0 Å². The van der Waals surface area contributed by atoms with Crippen LogP contribution in [0.1, 0.15) is 10.4 Å². The van der Waals surface area contributed by atoms with Crippen molar-refractivity contribution >= 4 is 66.8 Å². The zero-order chi connectivity index (χ0) is 16.7. The number of anilines is 1. The number of halogens is 2. The van der Waals surface area contributed by atoms with Crippen LogP contribution in [0.25, 0.3) is 21.3 Å². The zero-order valence-corrected chi connectivity index (χ0v) is 14.3. The van der Waals surface area contributed by atoms with Crippen molar-refractivity contribution < 1.29 is 4.79 Å². The second kappa shape index (κ2) is 5.98. The summed E-state index contributed by atoms with van der Waals surface area (Å²) in [4.78, 5) is 25.2. The number of amides is 1. The second-order valence-electron chi connectivity index (χ2n) is 4.94. The molecule has 0 radical (unpaired) electrons. The fraction of sp³-hybridized carbons (Fsp3) is 0. The highest BCUT2D eigenvalue weighted by Gasteiger charge is 2.13. The molecule has 0 saturated heterocycles. The van der Waals surface area contributed by atoms with Crippen LogP contribution in [-0.2, 0) is 0 Å². The lowest BCUT2D eigenvalue weighted by Gasteiger charge is -2.02. The van der Waals surface area contributed by atoms with Gasteiger partial charge in [0, 0.05) is 18.0 Å². The number of rotatable bonds is 2. The standard InChI is InChI=1S/C16H8Cl2N4OS/c17-9-2-4-12-14(13(9)18)21-16(24-12)22-15(23)8-1-3-10-11(7-8)20-6-5-19-10/h1-7H,(H,21,22,23). The van der Waals surface area contributed by atoms with Gasteiger partial charge in [-0.25, -0.2) is 4.98 Å². The molecule has 24 heavy (non-hydrogen) atoms. The smallest absolute Gasteiger partial charge is 0.257 e. The van der Waals surface area contributed by atoms with Crippen molar-refractivity contribution in [1.29, 1.82) is 0 Å². The molecule has 1 N–H and O–H groups in total. The molecular weight excluding hydrogens is 367 g/mol. The maximum absolute atomic E-state index is 12.4. The number of aromatic nitrogens is 3.